The molecule has 3 rings (SSSR count). The first-order chi connectivity index (χ1) is 18.7. The van der Waals surface area contributed by atoms with E-state index in [2.05, 4.69) is 29.4 Å². The number of benzene rings is 2. The van der Waals surface area contributed by atoms with E-state index in [9.17, 15) is 19.5 Å². The highest BCUT2D eigenvalue weighted by molar-refractivity contribution is 8.00. The van der Waals surface area contributed by atoms with Gasteiger partial charge in [-0.1, -0.05) is 66.1 Å². The fraction of sp³-hybridized carbons (Fsp3) is 0.345. The Morgan fingerprint density at radius 3 is 2.41 bits per heavy atom. The average molecular weight is 572 g/mol. The van der Waals surface area contributed by atoms with Crippen LogP contribution < -0.4 is 10.6 Å². The Balaban J connectivity index is 0.000000487. The van der Waals surface area contributed by atoms with Gasteiger partial charge in [-0.05, 0) is 37.5 Å². The molecule has 2 aromatic rings. The van der Waals surface area contributed by atoms with Crippen LogP contribution >= 0.6 is 23.4 Å². The van der Waals surface area contributed by atoms with Crippen molar-refractivity contribution in [2.45, 2.75) is 43.7 Å². The summed E-state index contributed by atoms with van der Waals surface area (Å²) in [6, 6.07) is 15.9. The number of terminal acetylenes is 2. The number of nitrogens with zero attached hydrogens (tertiary/aromatic N) is 1. The van der Waals surface area contributed by atoms with Gasteiger partial charge in [0, 0.05) is 22.9 Å². The van der Waals surface area contributed by atoms with Crippen LogP contribution in [0.3, 0.4) is 0 Å². The number of halogens is 1. The highest BCUT2D eigenvalue weighted by atomic mass is 35.5. The number of ether oxygens (including phenoxy) is 1. The maximum atomic E-state index is 12.7. The zero-order valence-corrected chi connectivity index (χ0v) is 23.6. The second kappa shape index (κ2) is 17.8. The molecule has 0 spiro atoms. The highest BCUT2D eigenvalue weighted by Crippen LogP contribution is 2.33. The van der Waals surface area contributed by atoms with Gasteiger partial charge in [-0.3, -0.25) is 9.59 Å². The number of alkyl carbamates (subject to hydrolysis) is 1. The molecule has 39 heavy (non-hydrogen) atoms. The number of rotatable bonds is 9. The zero-order chi connectivity index (χ0) is 29.3. The Morgan fingerprint density at radius 2 is 1.85 bits per heavy atom. The third kappa shape index (κ3) is 12.2. The number of nitrogens with one attached hydrogen (secondary N) is 2. The minimum atomic E-state index is -1.37. The monoisotopic (exact) mass is 571 g/mol. The first kappa shape index (κ1) is 33.4. The van der Waals surface area contributed by atoms with Crippen LogP contribution in [0.2, 0.25) is 5.02 Å². The zero-order valence-electron chi connectivity index (χ0n) is 22.0. The topological polar surface area (TPSA) is 108 Å². The standard InChI is InChI=1S/C19H24N2O4S.C8H8ClNO.C2H2/c1-4-10-25-18(24)20-15(11-14-8-6-5-7-9-14)16(22)17(23)21-12-19(2,3)26-13-21;9-8-4-2-1-3-7(8)5-10-6-11;1-2/h1,5-9,15-16,22H,10-13H2,2-3H3,(H,20,24);1-4,6H,5H2,(H,10,11);1-2H/t15-,16-;;/m0../s1. The van der Waals surface area contributed by atoms with Gasteiger partial charge < -0.3 is 25.4 Å². The largest absolute Gasteiger partial charge is 0.436 e. The second-order valence-corrected chi connectivity index (χ2v) is 10.9. The van der Waals surface area contributed by atoms with Crippen LogP contribution in [0.4, 0.5) is 4.79 Å². The number of hydrogen-bond donors (Lipinski definition) is 3. The normalized spacial score (nSPS) is 14.5. The lowest BCUT2D eigenvalue weighted by atomic mass is 10.00. The summed E-state index contributed by atoms with van der Waals surface area (Å²) in [5.74, 6) is 2.32. The lowest BCUT2D eigenvalue weighted by Gasteiger charge is -2.27. The van der Waals surface area contributed by atoms with Gasteiger partial charge in [-0.2, -0.15) is 0 Å². The van der Waals surface area contributed by atoms with E-state index in [-0.39, 0.29) is 11.4 Å². The number of hydrogen-bond acceptors (Lipinski definition) is 6. The molecule has 3 N–H and O–H groups in total. The van der Waals surface area contributed by atoms with Crippen LogP contribution in [0.15, 0.2) is 54.6 Å². The van der Waals surface area contributed by atoms with Crippen molar-refractivity contribution in [1.82, 2.24) is 15.5 Å². The second-order valence-electron chi connectivity index (χ2n) is 8.83. The molecule has 0 saturated carbocycles. The van der Waals surface area contributed by atoms with Crippen LogP contribution in [-0.2, 0) is 27.3 Å². The summed E-state index contributed by atoms with van der Waals surface area (Å²) in [6.07, 6.45) is 11.9. The minimum absolute atomic E-state index is 0.0521. The van der Waals surface area contributed by atoms with Crippen molar-refractivity contribution in [2.75, 3.05) is 19.0 Å². The SMILES string of the molecule is C#C.C#CCOC(=O)N[C@@H](Cc1ccccc1)[C@H](O)C(=O)N1CSC(C)(C)C1.O=CNCc1ccccc1Cl. The van der Waals surface area contributed by atoms with Gasteiger partial charge in [-0.15, -0.1) is 31.0 Å². The highest BCUT2D eigenvalue weighted by Gasteiger charge is 2.38. The molecule has 208 valence electrons. The van der Waals surface area contributed by atoms with E-state index in [0.717, 1.165) is 11.1 Å². The maximum Gasteiger partial charge on any atom is 0.408 e. The minimum Gasteiger partial charge on any atom is -0.436 e. The lowest BCUT2D eigenvalue weighted by molar-refractivity contribution is -0.140. The molecule has 3 amide bonds. The molecule has 1 aliphatic rings. The molecule has 0 unspecified atom stereocenters. The summed E-state index contributed by atoms with van der Waals surface area (Å²) in [7, 11) is 0. The Bertz CT molecular complexity index is 1120. The Morgan fingerprint density at radius 1 is 1.21 bits per heavy atom. The van der Waals surface area contributed by atoms with E-state index in [1.54, 1.807) is 22.7 Å². The number of aliphatic hydroxyl groups excluding tert-OH is 1. The van der Waals surface area contributed by atoms with E-state index in [4.69, 9.17) is 22.8 Å². The van der Waals surface area contributed by atoms with Gasteiger partial charge in [0.15, 0.2) is 12.7 Å². The predicted molar refractivity (Wildman–Crippen MR) is 156 cm³/mol. The van der Waals surface area contributed by atoms with Crippen LogP contribution in [0.25, 0.3) is 0 Å². The van der Waals surface area contributed by atoms with Crippen molar-refractivity contribution >= 4 is 41.8 Å². The summed E-state index contributed by atoms with van der Waals surface area (Å²) >= 11 is 7.46. The summed E-state index contributed by atoms with van der Waals surface area (Å²) in [6.45, 7) is 4.96. The molecule has 0 bridgehead atoms. The van der Waals surface area contributed by atoms with Crippen LogP contribution in [0.1, 0.15) is 25.0 Å². The Hall–Kier alpha value is -3.63. The molecule has 2 atom stereocenters. The molecule has 1 aliphatic heterocycles. The number of carbonyl (C=O) groups excluding carboxylic acids is 3. The third-order valence-corrected chi connectivity index (χ3v) is 7.07. The summed E-state index contributed by atoms with van der Waals surface area (Å²) in [5, 5.41) is 16.4. The fourth-order valence-electron chi connectivity index (χ4n) is 3.51. The molecular weight excluding hydrogens is 538 g/mol. The number of carbonyl (C=O) groups is 3. The fourth-order valence-corrected chi connectivity index (χ4v) is 4.68. The van der Waals surface area contributed by atoms with Gasteiger partial charge in [0.2, 0.25) is 6.41 Å². The molecule has 1 heterocycles. The maximum absolute atomic E-state index is 12.7. The Labute approximate surface area is 239 Å². The molecule has 0 radical (unpaired) electrons. The van der Waals surface area contributed by atoms with Gasteiger partial charge >= 0.3 is 6.09 Å². The third-order valence-electron chi connectivity index (χ3n) is 5.35. The molecule has 0 aromatic heterocycles. The molecule has 2 aromatic carbocycles. The summed E-state index contributed by atoms with van der Waals surface area (Å²) < 4.78 is 4.77. The van der Waals surface area contributed by atoms with Crippen molar-refractivity contribution in [3.63, 3.8) is 0 Å². The first-order valence-electron chi connectivity index (χ1n) is 11.9. The Kier molecular flexibility index (Phi) is 15.2. The van der Waals surface area contributed by atoms with Crippen LogP contribution in [0.5, 0.6) is 0 Å². The predicted octanol–water partition coefficient (Wildman–Crippen LogP) is 3.46. The molecular formula is C29H34ClN3O5S. The summed E-state index contributed by atoms with van der Waals surface area (Å²) in [5.41, 5.74) is 1.82. The number of thioether (sulfide) groups is 1. The van der Waals surface area contributed by atoms with Crippen LogP contribution in [-0.4, -0.2) is 64.3 Å². The van der Waals surface area contributed by atoms with Crippen LogP contribution in [0, 0.1) is 25.2 Å². The molecule has 8 nitrogen and oxygen atoms in total. The van der Waals surface area contributed by atoms with Gasteiger partial charge in [0.25, 0.3) is 5.91 Å². The smallest absolute Gasteiger partial charge is 0.408 e. The summed E-state index contributed by atoms with van der Waals surface area (Å²) in [4.78, 5) is 36.1. The number of aliphatic hydroxyl groups is 1. The molecule has 10 heteroatoms. The van der Waals surface area contributed by atoms with Crippen molar-refractivity contribution in [1.29, 1.82) is 0 Å². The molecule has 1 saturated heterocycles. The van der Waals surface area contributed by atoms with Gasteiger partial charge in [-0.25, -0.2) is 4.79 Å². The van der Waals surface area contributed by atoms with Gasteiger partial charge in [0.05, 0.1) is 11.9 Å². The first-order valence-corrected chi connectivity index (χ1v) is 13.3. The van der Waals surface area contributed by atoms with Crippen molar-refractivity contribution in [3.05, 3.63) is 70.7 Å². The van der Waals surface area contributed by atoms with Crippen molar-refractivity contribution in [2.24, 2.45) is 0 Å². The molecule has 1 fully saturated rings. The van der Waals surface area contributed by atoms with Crippen molar-refractivity contribution in [3.8, 4) is 25.2 Å². The molecule has 0 aliphatic carbocycles. The van der Waals surface area contributed by atoms with Gasteiger partial charge in [0.1, 0.15) is 0 Å². The average Bonchev–Trinajstić information content (AvgIpc) is 3.31. The van der Waals surface area contributed by atoms with E-state index < -0.39 is 24.1 Å². The number of amides is 3. The van der Waals surface area contributed by atoms with E-state index in [1.165, 1.54) is 0 Å². The quantitative estimate of drug-likeness (QED) is 0.314. The van der Waals surface area contributed by atoms with E-state index in [0.29, 0.717) is 36.8 Å². The lowest BCUT2D eigenvalue weighted by Crippen LogP contribution is -2.52. The van der Waals surface area contributed by atoms with Crippen molar-refractivity contribution < 1.29 is 24.2 Å². The van der Waals surface area contributed by atoms with E-state index in [1.807, 2.05) is 62.4 Å². The van der Waals surface area contributed by atoms with E-state index >= 15 is 0 Å².